The largest absolute Gasteiger partial charge is 0.393 e. The Kier molecular flexibility index (Phi) is 3.69. The third kappa shape index (κ3) is 3.07. The van der Waals surface area contributed by atoms with Crippen LogP contribution in [0.3, 0.4) is 0 Å². The monoisotopic (exact) mass is 255 g/mol. The van der Waals surface area contributed by atoms with Gasteiger partial charge in [0.1, 0.15) is 0 Å². The Morgan fingerprint density at radius 3 is 2.74 bits per heavy atom. The molecule has 2 N–H and O–H groups in total. The molecule has 2 aromatic rings. The summed E-state index contributed by atoms with van der Waals surface area (Å²) >= 11 is 0. The molecule has 0 aromatic heterocycles. The fraction of sp³-hybridized carbons (Fsp3) is 0.412. The van der Waals surface area contributed by atoms with Gasteiger partial charge in [-0.1, -0.05) is 36.8 Å². The van der Waals surface area contributed by atoms with Crippen molar-refractivity contribution in [1.29, 1.82) is 0 Å². The van der Waals surface area contributed by atoms with Gasteiger partial charge in [0.2, 0.25) is 0 Å². The van der Waals surface area contributed by atoms with Gasteiger partial charge in [-0.25, -0.2) is 0 Å². The molecule has 0 aliphatic heterocycles. The minimum Gasteiger partial charge on any atom is -0.393 e. The molecule has 1 saturated carbocycles. The van der Waals surface area contributed by atoms with Crippen molar-refractivity contribution in [2.24, 2.45) is 5.92 Å². The lowest BCUT2D eigenvalue weighted by Gasteiger charge is -2.26. The second-order valence-electron chi connectivity index (χ2n) is 5.63. The molecule has 2 aromatic carbocycles. The van der Waals surface area contributed by atoms with E-state index in [4.69, 9.17) is 0 Å². The van der Waals surface area contributed by atoms with Crippen molar-refractivity contribution >= 4 is 16.5 Å². The van der Waals surface area contributed by atoms with Crippen LogP contribution in [-0.2, 0) is 0 Å². The van der Waals surface area contributed by atoms with Crippen LogP contribution in [0.2, 0.25) is 0 Å². The van der Waals surface area contributed by atoms with E-state index >= 15 is 0 Å². The molecule has 0 radical (unpaired) electrons. The van der Waals surface area contributed by atoms with Gasteiger partial charge in [0, 0.05) is 12.2 Å². The van der Waals surface area contributed by atoms with Gasteiger partial charge < -0.3 is 10.4 Å². The number of fused-ring (bicyclic) bond motifs is 1. The molecule has 2 unspecified atom stereocenters. The van der Waals surface area contributed by atoms with Crippen molar-refractivity contribution in [3.8, 4) is 0 Å². The van der Waals surface area contributed by atoms with Crippen LogP contribution in [-0.4, -0.2) is 17.8 Å². The highest BCUT2D eigenvalue weighted by molar-refractivity contribution is 5.85. The molecule has 100 valence electrons. The Bertz CT molecular complexity index is 552. The normalized spacial score (nSPS) is 23.4. The topological polar surface area (TPSA) is 32.3 Å². The van der Waals surface area contributed by atoms with Crippen molar-refractivity contribution in [3.63, 3.8) is 0 Å². The molecule has 0 spiro atoms. The van der Waals surface area contributed by atoms with E-state index in [1.807, 2.05) is 0 Å². The number of nitrogens with one attached hydrogen (secondary N) is 1. The van der Waals surface area contributed by atoms with Crippen LogP contribution < -0.4 is 5.32 Å². The predicted molar refractivity (Wildman–Crippen MR) is 80.4 cm³/mol. The van der Waals surface area contributed by atoms with Crippen molar-refractivity contribution in [3.05, 3.63) is 42.5 Å². The second kappa shape index (κ2) is 5.62. The molecule has 0 heterocycles. The zero-order chi connectivity index (χ0) is 13.1. The van der Waals surface area contributed by atoms with Gasteiger partial charge in [-0.2, -0.15) is 0 Å². The molecule has 0 saturated heterocycles. The molecule has 2 nitrogen and oxygen atoms in total. The zero-order valence-electron chi connectivity index (χ0n) is 11.2. The molecule has 0 bridgehead atoms. The fourth-order valence-corrected chi connectivity index (χ4v) is 3.01. The molecule has 1 aliphatic rings. The van der Waals surface area contributed by atoms with E-state index in [-0.39, 0.29) is 6.10 Å². The summed E-state index contributed by atoms with van der Waals surface area (Å²) in [5.41, 5.74) is 1.18. The van der Waals surface area contributed by atoms with Gasteiger partial charge in [0.05, 0.1) is 6.10 Å². The third-order valence-electron chi connectivity index (χ3n) is 4.10. The zero-order valence-corrected chi connectivity index (χ0v) is 11.2. The highest BCUT2D eigenvalue weighted by Crippen LogP contribution is 2.25. The summed E-state index contributed by atoms with van der Waals surface area (Å²) in [4.78, 5) is 0. The molecule has 19 heavy (non-hydrogen) atoms. The van der Waals surface area contributed by atoms with Gasteiger partial charge >= 0.3 is 0 Å². The van der Waals surface area contributed by atoms with Crippen LogP contribution in [0.25, 0.3) is 10.8 Å². The number of anilines is 1. The van der Waals surface area contributed by atoms with Gasteiger partial charge in [-0.15, -0.1) is 0 Å². The van der Waals surface area contributed by atoms with Crippen LogP contribution in [0.5, 0.6) is 0 Å². The maximum atomic E-state index is 9.69. The molecular formula is C17H21NO. The van der Waals surface area contributed by atoms with Crippen LogP contribution in [0.1, 0.15) is 25.7 Å². The van der Waals surface area contributed by atoms with E-state index in [1.165, 1.54) is 22.9 Å². The molecule has 1 aliphatic carbocycles. The lowest BCUT2D eigenvalue weighted by Crippen LogP contribution is -2.24. The first-order chi connectivity index (χ1) is 9.31. The van der Waals surface area contributed by atoms with Gasteiger partial charge in [-0.05, 0) is 48.1 Å². The molecule has 2 atom stereocenters. The number of rotatable bonds is 3. The summed E-state index contributed by atoms with van der Waals surface area (Å²) in [6, 6.07) is 14.9. The van der Waals surface area contributed by atoms with E-state index in [2.05, 4.69) is 47.8 Å². The van der Waals surface area contributed by atoms with E-state index in [1.54, 1.807) is 0 Å². The molecular weight excluding hydrogens is 234 g/mol. The Balaban J connectivity index is 1.64. The average Bonchev–Trinajstić information content (AvgIpc) is 2.45. The van der Waals surface area contributed by atoms with Crippen LogP contribution in [0, 0.1) is 5.92 Å². The molecule has 3 rings (SSSR count). The molecule has 0 amide bonds. The summed E-state index contributed by atoms with van der Waals surface area (Å²) in [7, 11) is 0. The fourth-order valence-electron chi connectivity index (χ4n) is 3.01. The number of aliphatic hydroxyl groups is 1. The molecule has 2 heteroatoms. The van der Waals surface area contributed by atoms with E-state index in [9.17, 15) is 5.11 Å². The molecule has 1 fully saturated rings. The van der Waals surface area contributed by atoms with Crippen molar-refractivity contribution in [1.82, 2.24) is 0 Å². The lowest BCUT2D eigenvalue weighted by molar-refractivity contribution is 0.105. The summed E-state index contributed by atoms with van der Waals surface area (Å²) < 4.78 is 0. The second-order valence-corrected chi connectivity index (χ2v) is 5.63. The summed E-state index contributed by atoms with van der Waals surface area (Å²) in [6.45, 7) is 0.968. The van der Waals surface area contributed by atoms with Crippen LogP contribution in [0.15, 0.2) is 42.5 Å². The maximum absolute atomic E-state index is 9.69. The lowest BCUT2D eigenvalue weighted by atomic mass is 9.87. The first-order valence-electron chi connectivity index (χ1n) is 7.22. The van der Waals surface area contributed by atoms with Crippen molar-refractivity contribution < 1.29 is 5.11 Å². The average molecular weight is 255 g/mol. The van der Waals surface area contributed by atoms with E-state index in [0.717, 1.165) is 25.8 Å². The Morgan fingerprint density at radius 2 is 1.89 bits per heavy atom. The predicted octanol–water partition coefficient (Wildman–Crippen LogP) is 3.80. The summed E-state index contributed by atoms with van der Waals surface area (Å²) in [5, 5.41) is 15.8. The SMILES string of the molecule is OC1CCCC(CNc2ccc3ccccc3c2)C1. The minimum atomic E-state index is -0.0860. The third-order valence-corrected chi connectivity index (χ3v) is 4.10. The van der Waals surface area contributed by atoms with Gasteiger partial charge in [-0.3, -0.25) is 0 Å². The number of benzene rings is 2. The van der Waals surface area contributed by atoms with Crippen molar-refractivity contribution in [2.75, 3.05) is 11.9 Å². The highest BCUT2D eigenvalue weighted by atomic mass is 16.3. The Morgan fingerprint density at radius 1 is 1.05 bits per heavy atom. The van der Waals surface area contributed by atoms with Gasteiger partial charge in [0.25, 0.3) is 0 Å². The number of aliphatic hydroxyl groups excluding tert-OH is 1. The van der Waals surface area contributed by atoms with Crippen LogP contribution >= 0.6 is 0 Å². The van der Waals surface area contributed by atoms with E-state index < -0.39 is 0 Å². The van der Waals surface area contributed by atoms with Gasteiger partial charge in [0.15, 0.2) is 0 Å². The number of hydrogen-bond donors (Lipinski definition) is 2. The Labute approximate surface area is 114 Å². The minimum absolute atomic E-state index is 0.0860. The highest BCUT2D eigenvalue weighted by Gasteiger charge is 2.19. The quantitative estimate of drug-likeness (QED) is 0.874. The smallest absolute Gasteiger partial charge is 0.0543 e. The van der Waals surface area contributed by atoms with Crippen LogP contribution in [0.4, 0.5) is 5.69 Å². The Hall–Kier alpha value is -1.54. The first-order valence-corrected chi connectivity index (χ1v) is 7.22. The summed E-state index contributed by atoms with van der Waals surface area (Å²) in [6.07, 6.45) is 4.23. The first kappa shape index (κ1) is 12.5. The maximum Gasteiger partial charge on any atom is 0.0543 e. The number of hydrogen-bond acceptors (Lipinski definition) is 2. The standard InChI is InChI=1S/C17H21NO/c19-17-7-3-4-13(10-17)12-18-16-9-8-14-5-1-2-6-15(14)11-16/h1-2,5-6,8-9,11,13,17-19H,3-4,7,10,12H2. The van der Waals surface area contributed by atoms with Crippen molar-refractivity contribution in [2.45, 2.75) is 31.8 Å². The van der Waals surface area contributed by atoms with E-state index in [0.29, 0.717) is 5.92 Å². The summed E-state index contributed by atoms with van der Waals surface area (Å²) in [5.74, 6) is 0.607.